The summed E-state index contributed by atoms with van der Waals surface area (Å²) in [4.78, 5) is 15.1. The molecule has 0 saturated carbocycles. The second-order valence-electron chi connectivity index (χ2n) is 3.40. The molecule has 5 nitrogen and oxygen atoms in total. The molecular formula is C11H10ClN3O2. The second kappa shape index (κ2) is 4.55. The third-order valence-electron chi connectivity index (χ3n) is 2.35. The van der Waals surface area contributed by atoms with Crippen molar-refractivity contribution < 1.29 is 9.90 Å². The van der Waals surface area contributed by atoms with Crippen LogP contribution in [-0.4, -0.2) is 25.8 Å². The Balaban J connectivity index is 2.64. The number of carboxylic acids is 1. The van der Waals surface area contributed by atoms with Gasteiger partial charge in [-0.1, -0.05) is 18.5 Å². The monoisotopic (exact) mass is 251 g/mol. The van der Waals surface area contributed by atoms with Gasteiger partial charge in [-0.25, -0.2) is 14.5 Å². The maximum Gasteiger partial charge on any atom is 0.338 e. The van der Waals surface area contributed by atoms with Gasteiger partial charge in [0, 0.05) is 12.4 Å². The quantitative estimate of drug-likeness (QED) is 0.849. The Kier molecular flexibility index (Phi) is 3.10. The molecule has 2 aromatic heterocycles. The number of nitrogens with zero attached hydrogens (tertiary/aromatic N) is 3. The van der Waals surface area contributed by atoms with E-state index in [1.165, 1.54) is 6.07 Å². The van der Waals surface area contributed by atoms with Crippen LogP contribution in [0.3, 0.4) is 0 Å². The Morgan fingerprint density at radius 3 is 2.88 bits per heavy atom. The fraction of sp³-hybridized carbons (Fsp3) is 0.182. The molecule has 0 aliphatic heterocycles. The van der Waals surface area contributed by atoms with E-state index in [4.69, 9.17) is 16.7 Å². The molecule has 0 aliphatic carbocycles. The number of halogens is 1. The van der Waals surface area contributed by atoms with Gasteiger partial charge in [0.2, 0.25) is 0 Å². The van der Waals surface area contributed by atoms with E-state index >= 15 is 0 Å². The number of carboxylic acid groups (broad SMARTS) is 1. The minimum Gasteiger partial charge on any atom is -0.478 e. The molecule has 0 unspecified atom stereocenters. The molecule has 0 spiro atoms. The van der Waals surface area contributed by atoms with Gasteiger partial charge in [0.05, 0.1) is 16.9 Å². The average molecular weight is 252 g/mol. The van der Waals surface area contributed by atoms with E-state index < -0.39 is 5.97 Å². The molecular weight excluding hydrogens is 242 g/mol. The lowest BCUT2D eigenvalue weighted by molar-refractivity contribution is 0.0696. The fourth-order valence-electron chi connectivity index (χ4n) is 1.54. The van der Waals surface area contributed by atoms with Gasteiger partial charge in [-0.2, -0.15) is 5.10 Å². The zero-order valence-corrected chi connectivity index (χ0v) is 9.85. The first-order chi connectivity index (χ1) is 8.13. The molecule has 17 heavy (non-hydrogen) atoms. The van der Waals surface area contributed by atoms with Gasteiger partial charge in [-0.15, -0.1) is 0 Å². The van der Waals surface area contributed by atoms with Crippen molar-refractivity contribution in [2.24, 2.45) is 0 Å². The van der Waals surface area contributed by atoms with Gasteiger partial charge >= 0.3 is 5.97 Å². The SMILES string of the molecule is CCc1nc(Cl)c(C(=O)O)cc1-n1cccn1. The highest BCUT2D eigenvalue weighted by Gasteiger charge is 2.15. The molecule has 0 atom stereocenters. The average Bonchev–Trinajstić information content (AvgIpc) is 2.81. The summed E-state index contributed by atoms with van der Waals surface area (Å²) in [6.45, 7) is 1.92. The van der Waals surface area contributed by atoms with Crippen molar-refractivity contribution in [2.45, 2.75) is 13.3 Å². The van der Waals surface area contributed by atoms with E-state index in [9.17, 15) is 4.79 Å². The summed E-state index contributed by atoms with van der Waals surface area (Å²) in [5.41, 5.74) is 1.33. The van der Waals surface area contributed by atoms with Gasteiger partial charge in [-0.05, 0) is 18.6 Å². The Morgan fingerprint density at radius 1 is 1.59 bits per heavy atom. The van der Waals surface area contributed by atoms with Gasteiger partial charge in [0.25, 0.3) is 0 Å². The van der Waals surface area contributed by atoms with E-state index in [1.807, 2.05) is 6.92 Å². The van der Waals surface area contributed by atoms with Crippen molar-refractivity contribution in [3.05, 3.63) is 40.9 Å². The van der Waals surface area contributed by atoms with E-state index in [0.29, 0.717) is 17.8 Å². The number of hydrogen-bond acceptors (Lipinski definition) is 3. The predicted octanol–water partition coefficient (Wildman–Crippen LogP) is 2.18. The van der Waals surface area contributed by atoms with Gasteiger partial charge in [0.1, 0.15) is 5.15 Å². The molecule has 0 bridgehead atoms. The molecule has 0 saturated heterocycles. The summed E-state index contributed by atoms with van der Waals surface area (Å²) in [6.07, 6.45) is 4.00. The van der Waals surface area contributed by atoms with E-state index in [2.05, 4.69) is 10.1 Å². The standard InChI is InChI=1S/C11H10ClN3O2/c1-2-8-9(15-5-3-4-13-15)6-7(11(16)17)10(12)14-8/h3-6H,2H2,1H3,(H,16,17). The van der Waals surface area contributed by atoms with Crippen LogP contribution in [0.15, 0.2) is 24.5 Å². The molecule has 0 fully saturated rings. The number of aryl methyl sites for hydroxylation is 1. The van der Waals surface area contributed by atoms with Gasteiger partial charge in [-0.3, -0.25) is 0 Å². The van der Waals surface area contributed by atoms with Crippen LogP contribution < -0.4 is 0 Å². The highest BCUT2D eigenvalue weighted by molar-refractivity contribution is 6.32. The lowest BCUT2D eigenvalue weighted by Crippen LogP contribution is -2.07. The van der Waals surface area contributed by atoms with Crippen molar-refractivity contribution in [1.29, 1.82) is 0 Å². The molecule has 88 valence electrons. The minimum atomic E-state index is -1.10. The zero-order valence-electron chi connectivity index (χ0n) is 9.09. The molecule has 0 radical (unpaired) electrons. The topological polar surface area (TPSA) is 68.0 Å². The van der Waals surface area contributed by atoms with Crippen LogP contribution in [0, 0.1) is 0 Å². The fourth-order valence-corrected chi connectivity index (χ4v) is 1.77. The second-order valence-corrected chi connectivity index (χ2v) is 3.76. The molecule has 0 aromatic carbocycles. The van der Waals surface area contributed by atoms with Crippen molar-refractivity contribution in [2.75, 3.05) is 0 Å². The Labute approximate surface area is 103 Å². The van der Waals surface area contributed by atoms with Gasteiger partial charge in [0.15, 0.2) is 0 Å². The molecule has 0 aliphatic rings. The minimum absolute atomic E-state index is 0.00487. The number of pyridine rings is 1. The summed E-state index contributed by atoms with van der Waals surface area (Å²) in [5, 5.41) is 13.1. The number of hydrogen-bond donors (Lipinski definition) is 1. The van der Waals surface area contributed by atoms with Crippen LogP contribution >= 0.6 is 11.6 Å². The number of aromatic nitrogens is 3. The lowest BCUT2D eigenvalue weighted by Gasteiger charge is -2.09. The number of carbonyl (C=O) groups is 1. The Hall–Kier alpha value is -1.88. The summed E-state index contributed by atoms with van der Waals surface area (Å²) >= 11 is 5.81. The van der Waals surface area contributed by atoms with Crippen LogP contribution in [0.1, 0.15) is 23.0 Å². The van der Waals surface area contributed by atoms with Crippen LogP contribution in [0.2, 0.25) is 5.15 Å². The third kappa shape index (κ3) is 2.14. The molecule has 1 N–H and O–H groups in total. The molecule has 2 heterocycles. The summed E-state index contributed by atoms with van der Waals surface area (Å²) in [7, 11) is 0. The summed E-state index contributed by atoms with van der Waals surface area (Å²) in [6, 6.07) is 3.25. The smallest absolute Gasteiger partial charge is 0.338 e. The first-order valence-corrected chi connectivity index (χ1v) is 5.44. The number of rotatable bonds is 3. The maximum absolute atomic E-state index is 11.0. The molecule has 2 rings (SSSR count). The van der Waals surface area contributed by atoms with Crippen LogP contribution in [0.5, 0.6) is 0 Å². The summed E-state index contributed by atoms with van der Waals surface area (Å²) < 4.78 is 1.58. The van der Waals surface area contributed by atoms with E-state index in [0.717, 1.165) is 0 Å². The van der Waals surface area contributed by atoms with Crippen molar-refractivity contribution in [1.82, 2.24) is 14.8 Å². The van der Waals surface area contributed by atoms with Crippen LogP contribution in [-0.2, 0) is 6.42 Å². The maximum atomic E-state index is 11.0. The Bertz CT molecular complexity index is 552. The Morgan fingerprint density at radius 2 is 2.35 bits per heavy atom. The van der Waals surface area contributed by atoms with Crippen LogP contribution in [0.25, 0.3) is 5.69 Å². The molecule has 2 aromatic rings. The van der Waals surface area contributed by atoms with Crippen molar-refractivity contribution in [3.63, 3.8) is 0 Å². The largest absolute Gasteiger partial charge is 0.478 e. The molecule has 0 amide bonds. The third-order valence-corrected chi connectivity index (χ3v) is 2.64. The first kappa shape index (κ1) is 11.6. The predicted molar refractivity (Wildman–Crippen MR) is 62.7 cm³/mol. The highest BCUT2D eigenvalue weighted by atomic mass is 35.5. The van der Waals surface area contributed by atoms with Crippen molar-refractivity contribution in [3.8, 4) is 5.69 Å². The zero-order chi connectivity index (χ0) is 12.4. The highest BCUT2D eigenvalue weighted by Crippen LogP contribution is 2.21. The molecule has 6 heteroatoms. The lowest BCUT2D eigenvalue weighted by atomic mass is 10.2. The van der Waals surface area contributed by atoms with E-state index in [1.54, 1.807) is 23.1 Å². The van der Waals surface area contributed by atoms with Crippen LogP contribution in [0.4, 0.5) is 0 Å². The summed E-state index contributed by atoms with van der Waals surface area (Å²) in [5.74, 6) is -1.10. The normalized spacial score (nSPS) is 10.5. The number of aromatic carboxylic acids is 1. The van der Waals surface area contributed by atoms with E-state index in [-0.39, 0.29) is 10.7 Å². The van der Waals surface area contributed by atoms with Crippen molar-refractivity contribution >= 4 is 17.6 Å². The van der Waals surface area contributed by atoms with Gasteiger partial charge < -0.3 is 5.11 Å². The first-order valence-electron chi connectivity index (χ1n) is 5.06.